The summed E-state index contributed by atoms with van der Waals surface area (Å²) in [4.78, 5) is 23.3. The number of hydrogen-bond acceptors (Lipinski definition) is 3. The number of nitrogens with one attached hydrogen (secondary N) is 1. The second-order valence-corrected chi connectivity index (χ2v) is 4.90. The average Bonchev–Trinajstić information content (AvgIpc) is 2.42. The zero-order valence-electron chi connectivity index (χ0n) is 10.4. The number of phenols is 1. The third-order valence-electron chi connectivity index (χ3n) is 2.66. The summed E-state index contributed by atoms with van der Waals surface area (Å²) in [5, 5.41) is 20.9. The number of phenolic OH excluding ortho intramolecular Hbond substituents is 1. The average molecular weight is 326 g/mol. The largest absolute Gasteiger partial charge is 0.508 e. The van der Waals surface area contributed by atoms with Crippen molar-refractivity contribution < 1.29 is 19.8 Å². The predicted octanol–water partition coefficient (Wildman–Crippen LogP) is 3.65. The van der Waals surface area contributed by atoms with Gasteiger partial charge in [0.05, 0.1) is 15.7 Å². The number of hydrogen-bond donors (Lipinski definition) is 3. The van der Waals surface area contributed by atoms with Gasteiger partial charge in [0.15, 0.2) is 0 Å². The lowest BCUT2D eigenvalue weighted by molar-refractivity contribution is 0.0698. The number of carbonyl (C=O) groups is 2. The van der Waals surface area contributed by atoms with Crippen LogP contribution in [0.1, 0.15) is 20.7 Å². The van der Waals surface area contributed by atoms with Gasteiger partial charge < -0.3 is 15.5 Å². The van der Waals surface area contributed by atoms with Crippen LogP contribution in [0, 0.1) is 0 Å². The minimum Gasteiger partial charge on any atom is -0.508 e. The van der Waals surface area contributed by atoms with Gasteiger partial charge >= 0.3 is 5.97 Å². The van der Waals surface area contributed by atoms with Crippen LogP contribution in [0.5, 0.6) is 5.75 Å². The topological polar surface area (TPSA) is 86.6 Å². The van der Waals surface area contributed by atoms with Crippen molar-refractivity contribution in [1.82, 2.24) is 0 Å². The summed E-state index contributed by atoms with van der Waals surface area (Å²) in [5.41, 5.74) is -0.231. The Morgan fingerprint density at radius 1 is 1.05 bits per heavy atom. The first-order valence-electron chi connectivity index (χ1n) is 5.72. The standard InChI is InChI=1S/C14H9Cl2NO4/c15-9-4-5-10(16)12(11(9)14(20)21)17-13(19)7-2-1-3-8(18)6-7/h1-6,18H,(H,17,19)(H,20,21). The minimum atomic E-state index is -1.31. The maximum atomic E-state index is 12.1. The molecule has 0 unspecified atom stereocenters. The van der Waals surface area contributed by atoms with E-state index in [9.17, 15) is 14.7 Å². The van der Waals surface area contributed by atoms with Crippen molar-refractivity contribution in [2.45, 2.75) is 0 Å². The Morgan fingerprint density at radius 2 is 1.71 bits per heavy atom. The molecule has 0 aromatic heterocycles. The molecular weight excluding hydrogens is 317 g/mol. The number of carboxylic acids is 1. The fourth-order valence-corrected chi connectivity index (χ4v) is 2.16. The highest BCUT2D eigenvalue weighted by Gasteiger charge is 2.20. The molecule has 21 heavy (non-hydrogen) atoms. The normalized spacial score (nSPS) is 10.2. The lowest BCUT2D eigenvalue weighted by Crippen LogP contribution is -2.15. The van der Waals surface area contributed by atoms with E-state index in [2.05, 4.69) is 5.32 Å². The molecule has 5 nitrogen and oxygen atoms in total. The van der Waals surface area contributed by atoms with E-state index in [1.165, 1.54) is 36.4 Å². The second-order valence-electron chi connectivity index (χ2n) is 4.09. The molecule has 7 heteroatoms. The molecule has 2 rings (SSSR count). The number of aromatic hydroxyl groups is 1. The quantitative estimate of drug-likeness (QED) is 0.803. The van der Waals surface area contributed by atoms with Crippen LogP contribution < -0.4 is 5.32 Å². The Kier molecular flexibility index (Phi) is 4.35. The first-order valence-corrected chi connectivity index (χ1v) is 6.47. The zero-order chi connectivity index (χ0) is 15.6. The molecule has 108 valence electrons. The summed E-state index contributed by atoms with van der Waals surface area (Å²) in [5.74, 6) is -2.01. The molecule has 0 radical (unpaired) electrons. The summed E-state index contributed by atoms with van der Waals surface area (Å²) in [6, 6.07) is 8.32. The van der Waals surface area contributed by atoms with E-state index in [-0.39, 0.29) is 32.6 Å². The Hall–Kier alpha value is -2.24. The predicted molar refractivity (Wildman–Crippen MR) is 79.5 cm³/mol. The van der Waals surface area contributed by atoms with E-state index in [4.69, 9.17) is 28.3 Å². The van der Waals surface area contributed by atoms with Gasteiger partial charge in [-0.25, -0.2) is 4.79 Å². The molecule has 0 aliphatic carbocycles. The van der Waals surface area contributed by atoms with Gasteiger partial charge in [-0.15, -0.1) is 0 Å². The number of anilines is 1. The fraction of sp³-hybridized carbons (Fsp3) is 0. The zero-order valence-corrected chi connectivity index (χ0v) is 11.9. The number of benzene rings is 2. The summed E-state index contributed by atoms with van der Waals surface area (Å²) >= 11 is 11.7. The molecule has 0 atom stereocenters. The molecule has 3 N–H and O–H groups in total. The highest BCUT2D eigenvalue weighted by molar-refractivity contribution is 6.38. The molecular formula is C14H9Cl2NO4. The molecule has 0 spiro atoms. The van der Waals surface area contributed by atoms with E-state index in [1.807, 2.05) is 0 Å². The lowest BCUT2D eigenvalue weighted by atomic mass is 10.1. The summed E-state index contributed by atoms with van der Waals surface area (Å²) in [6.45, 7) is 0. The van der Waals surface area contributed by atoms with E-state index < -0.39 is 11.9 Å². The number of carboxylic acid groups (broad SMARTS) is 1. The maximum absolute atomic E-state index is 12.1. The van der Waals surface area contributed by atoms with Crippen molar-refractivity contribution in [3.05, 3.63) is 57.6 Å². The Labute approximate surface area is 129 Å². The first kappa shape index (κ1) is 15.2. The maximum Gasteiger partial charge on any atom is 0.339 e. The molecule has 1 amide bonds. The molecule has 2 aromatic carbocycles. The molecule has 0 bridgehead atoms. The Morgan fingerprint density at radius 3 is 2.33 bits per heavy atom. The summed E-state index contributed by atoms with van der Waals surface area (Å²) in [6.07, 6.45) is 0. The fourth-order valence-electron chi connectivity index (χ4n) is 1.72. The monoisotopic (exact) mass is 325 g/mol. The summed E-state index contributed by atoms with van der Waals surface area (Å²) in [7, 11) is 0. The van der Waals surface area contributed by atoms with Crippen LogP contribution in [0.2, 0.25) is 10.0 Å². The van der Waals surface area contributed by atoms with E-state index in [0.29, 0.717) is 0 Å². The minimum absolute atomic E-state index is 0.0434. The number of halogens is 2. The Balaban J connectivity index is 2.42. The van der Waals surface area contributed by atoms with Crippen LogP contribution in [0.15, 0.2) is 36.4 Å². The van der Waals surface area contributed by atoms with Crippen molar-refractivity contribution in [2.75, 3.05) is 5.32 Å². The van der Waals surface area contributed by atoms with Crippen LogP contribution in [0.25, 0.3) is 0 Å². The SMILES string of the molecule is O=C(Nc1c(Cl)ccc(Cl)c1C(=O)O)c1cccc(O)c1. The van der Waals surface area contributed by atoms with Crippen LogP contribution in [-0.2, 0) is 0 Å². The Bertz CT molecular complexity index is 731. The van der Waals surface area contributed by atoms with Crippen molar-refractivity contribution in [2.24, 2.45) is 0 Å². The van der Waals surface area contributed by atoms with E-state index >= 15 is 0 Å². The second kappa shape index (κ2) is 6.03. The van der Waals surface area contributed by atoms with Crippen LogP contribution in [0.3, 0.4) is 0 Å². The molecule has 2 aromatic rings. The van der Waals surface area contributed by atoms with Gasteiger partial charge in [0.2, 0.25) is 0 Å². The highest BCUT2D eigenvalue weighted by atomic mass is 35.5. The van der Waals surface area contributed by atoms with Crippen LogP contribution in [-0.4, -0.2) is 22.1 Å². The van der Waals surface area contributed by atoms with Crippen LogP contribution in [0.4, 0.5) is 5.69 Å². The third kappa shape index (κ3) is 3.26. The molecule has 0 saturated carbocycles. The smallest absolute Gasteiger partial charge is 0.339 e. The number of carbonyl (C=O) groups excluding carboxylic acids is 1. The van der Waals surface area contributed by atoms with Gasteiger partial charge in [0.25, 0.3) is 5.91 Å². The van der Waals surface area contributed by atoms with Gasteiger partial charge in [-0.05, 0) is 30.3 Å². The van der Waals surface area contributed by atoms with Gasteiger partial charge in [-0.2, -0.15) is 0 Å². The lowest BCUT2D eigenvalue weighted by Gasteiger charge is -2.12. The number of rotatable bonds is 3. The van der Waals surface area contributed by atoms with Crippen molar-refractivity contribution in [1.29, 1.82) is 0 Å². The van der Waals surface area contributed by atoms with E-state index in [0.717, 1.165) is 0 Å². The van der Waals surface area contributed by atoms with Crippen molar-refractivity contribution in [3.8, 4) is 5.75 Å². The third-order valence-corrected chi connectivity index (χ3v) is 3.29. The van der Waals surface area contributed by atoms with Gasteiger partial charge in [0, 0.05) is 5.56 Å². The molecule has 0 saturated heterocycles. The molecule has 0 aliphatic heterocycles. The molecule has 0 heterocycles. The summed E-state index contributed by atoms with van der Waals surface area (Å²) < 4.78 is 0. The van der Waals surface area contributed by atoms with Gasteiger partial charge in [0.1, 0.15) is 11.3 Å². The van der Waals surface area contributed by atoms with Crippen LogP contribution >= 0.6 is 23.2 Å². The first-order chi connectivity index (χ1) is 9.90. The van der Waals surface area contributed by atoms with E-state index in [1.54, 1.807) is 0 Å². The molecule has 0 fully saturated rings. The highest BCUT2D eigenvalue weighted by Crippen LogP contribution is 2.32. The van der Waals surface area contributed by atoms with Crippen molar-refractivity contribution in [3.63, 3.8) is 0 Å². The number of amides is 1. The van der Waals surface area contributed by atoms with Gasteiger partial charge in [-0.1, -0.05) is 29.3 Å². The van der Waals surface area contributed by atoms with Gasteiger partial charge in [-0.3, -0.25) is 4.79 Å². The van der Waals surface area contributed by atoms with Crippen molar-refractivity contribution >= 4 is 40.8 Å². The molecule has 0 aliphatic rings. The number of aromatic carboxylic acids is 1.